The van der Waals surface area contributed by atoms with Gasteiger partial charge in [-0.05, 0) is 62.4 Å². The first kappa shape index (κ1) is 19.5. The quantitative estimate of drug-likeness (QED) is 0.489. The first-order valence-corrected chi connectivity index (χ1v) is 11.2. The van der Waals surface area contributed by atoms with Crippen LogP contribution in [0.15, 0.2) is 51.9 Å². The summed E-state index contributed by atoms with van der Waals surface area (Å²) >= 11 is 0. The Bertz CT molecular complexity index is 1390. The standard InChI is InChI=1S/C25H25FN4O2/c1-14-10-29(11-15(2)27-14)19-6-5-17-7-20(25(31)32-23(17)9-19)22-13-30-12-18(16-3-4-16)8-21(26)24(30)28-22/h5-9,12-16,27H,3-4,10-11H2,1-2H3/t14-,15+. The van der Waals surface area contributed by atoms with Crippen LogP contribution < -0.4 is 15.8 Å². The zero-order chi connectivity index (χ0) is 22.0. The number of piperazine rings is 1. The summed E-state index contributed by atoms with van der Waals surface area (Å²) in [7, 11) is 0. The average molecular weight is 432 g/mol. The highest BCUT2D eigenvalue weighted by atomic mass is 19.1. The maximum atomic E-state index is 14.6. The van der Waals surface area contributed by atoms with Gasteiger partial charge in [-0.3, -0.25) is 0 Å². The number of fused-ring (bicyclic) bond motifs is 2. The summed E-state index contributed by atoms with van der Waals surface area (Å²) in [6, 6.07) is 10.1. The predicted molar refractivity (Wildman–Crippen MR) is 123 cm³/mol. The van der Waals surface area contributed by atoms with Gasteiger partial charge >= 0.3 is 5.63 Å². The van der Waals surface area contributed by atoms with Crippen molar-refractivity contribution in [2.24, 2.45) is 0 Å². The van der Waals surface area contributed by atoms with Crippen molar-refractivity contribution in [1.29, 1.82) is 0 Å². The lowest BCUT2D eigenvalue weighted by Crippen LogP contribution is -2.54. The molecule has 1 saturated heterocycles. The maximum absolute atomic E-state index is 14.6. The van der Waals surface area contributed by atoms with E-state index >= 15 is 0 Å². The molecule has 32 heavy (non-hydrogen) atoms. The van der Waals surface area contributed by atoms with Gasteiger partial charge in [0.15, 0.2) is 11.5 Å². The fraction of sp³-hybridized carbons (Fsp3) is 0.360. The van der Waals surface area contributed by atoms with Crippen molar-refractivity contribution in [2.45, 2.75) is 44.7 Å². The summed E-state index contributed by atoms with van der Waals surface area (Å²) in [5.41, 5.74) is 3.07. The van der Waals surface area contributed by atoms with Crippen molar-refractivity contribution in [3.63, 3.8) is 0 Å². The lowest BCUT2D eigenvalue weighted by atomic mass is 10.1. The molecule has 1 aliphatic carbocycles. The molecule has 0 unspecified atom stereocenters. The van der Waals surface area contributed by atoms with Crippen LogP contribution in [-0.4, -0.2) is 34.6 Å². The van der Waals surface area contributed by atoms with Crippen molar-refractivity contribution in [2.75, 3.05) is 18.0 Å². The van der Waals surface area contributed by atoms with E-state index < -0.39 is 5.63 Å². The Hall–Kier alpha value is -3.19. The van der Waals surface area contributed by atoms with Crippen molar-refractivity contribution in [3.05, 3.63) is 64.5 Å². The second-order valence-corrected chi connectivity index (χ2v) is 9.30. The van der Waals surface area contributed by atoms with Gasteiger partial charge in [-0.15, -0.1) is 0 Å². The molecule has 0 bridgehead atoms. The molecule has 7 heteroatoms. The zero-order valence-corrected chi connectivity index (χ0v) is 18.1. The molecular formula is C25H25FN4O2. The zero-order valence-electron chi connectivity index (χ0n) is 18.1. The van der Waals surface area contributed by atoms with E-state index in [1.165, 1.54) is 0 Å². The van der Waals surface area contributed by atoms with Gasteiger partial charge in [0.05, 0.1) is 11.3 Å². The minimum atomic E-state index is -0.470. The van der Waals surface area contributed by atoms with Crippen molar-refractivity contribution < 1.29 is 8.81 Å². The molecule has 2 atom stereocenters. The highest BCUT2D eigenvalue weighted by Gasteiger charge is 2.26. The van der Waals surface area contributed by atoms with Crippen LogP contribution in [-0.2, 0) is 0 Å². The van der Waals surface area contributed by atoms with Crippen LogP contribution in [0.25, 0.3) is 27.9 Å². The summed E-state index contributed by atoms with van der Waals surface area (Å²) in [5, 5.41) is 4.34. The lowest BCUT2D eigenvalue weighted by molar-refractivity contribution is 0.407. The summed E-state index contributed by atoms with van der Waals surface area (Å²) in [5.74, 6) is 0.0660. The Kier molecular flexibility index (Phi) is 4.37. The molecule has 0 radical (unpaired) electrons. The van der Waals surface area contributed by atoms with Gasteiger partial charge in [0.25, 0.3) is 0 Å². The molecular weight excluding hydrogens is 407 g/mol. The number of nitrogens with one attached hydrogen (secondary N) is 1. The second kappa shape index (κ2) is 7.17. The summed E-state index contributed by atoms with van der Waals surface area (Å²) in [4.78, 5) is 19.5. The molecule has 1 aromatic carbocycles. The third-order valence-electron chi connectivity index (χ3n) is 6.49. The van der Waals surface area contributed by atoms with Gasteiger partial charge in [-0.25, -0.2) is 14.2 Å². The van der Waals surface area contributed by atoms with Crippen LogP contribution in [0.1, 0.15) is 38.2 Å². The molecule has 4 heterocycles. The molecule has 164 valence electrons. The fourth-order valence-corrected chi connectivity index (χ4v) is 4.86. The monoisotopic (exact) mass is 432 g/mol. The van der Waals surface area contributed by atoms with Crippen molar-refractivity contribution in [1.82, 2.24) is 14.7 Å². The summed E-state index contributed by atoms with van der Waals surface area (Å²) in [6.45, 7) is 6.13. The van der Waals surface area contributed by atoms with Crippen LogP contribution >= 0.6 is 0 Å². The van der Waals surface area contributed by atoms with Crippen molar-refractivity contribution in [3.8, 4) is 11.3 Å². The fourth-order valence-electron chi connectivity index (χ4n) is 4.86. The number of aromatic nitrogens is 2. The summed E-state index contributed by atoms with van der Waals surface area (Å²) in [6.07, 6.45) is 5.81. The van der Waals surface area contributed by atoms with Gasteiger partial charge in [0.1, 0.15) is 5.58 Å². The molecule has 3 aromatic heterocycles. The molecule has 1 saturated carbocycles. The Balaban J connectivity index is 1.39. The molecule has 2 aliphatic rings. The Morgan fingerprint density at radius 2 is 1.88 bits per heavy atom. The first-order valence-electron chi connectivity index (χ1n) is 11.2. The van der Waals surface area contributed by atoms with E-state index in [1.54, 1.807) is 22.7 Å². The largest absolute Gasteiger partial charge is 0.422 e. The van der Waals surface area contributed by atoms with E-state index in [0.717, 1.165) is 42.6 Å². The third kappa shape index (κ3) is 3.37. The third-order valence-corrected chi connectivity index (χ3v) is 6.49. The lowest BCUT2D eigenvalue weighted by Gasteiger charge is -2.37. The minimum Gasteiger partial charge on any atom is -0.422 e. The molecule has 6 nitrogen and oxygen atoms in total. The number of hydrogen-bond donors (Lipinski definition) is 1. The van der Waals surface area contributed by atoms with E-state index in [2.05, 4.69) is 35.1 Å². The highest BCUT2D eigenvalue weighted by Crippen LogP contribution is 2.40. The molecule has 2 fully saturated rings. The topological polar surface area (TPSA) is 62.8 Å². The molecule has 1 aliphatic heterocycles. The normalized spacial score (nSPS) is 21.5. The molecule has 0 amide bonds. The van der Waals surface area contributed by atoms with Gasteiger partial charge in [-0.1, -0.05) is 0 Å². The number of hydrogen-bond acceptors (Lipinski definition) is 5. The van der Waals surface area contributed by atoms with E-state index in [9.17, 15) is 9.18 Å². The Morgan fingerprint density at radius 3 is 2.62 bits per heavy atom. The highest BCUT2D eigenvalue weighted by molar-refractivity contribution is 5.84. The maximum Gasteiger partial charge on any atom is 0.345 e. The van der Waals surface area contributed by atoms with E-state index in [4.69, 9.17) is 4.42 Å². The van der Waals surface area contributed by atoms with Gasteiger partial charge in [-0.2, -0.15) is 0 Å². The number of imidazole rings is 1. The summed E-state index contributed by atoms with van der Waals surface area (Å²) < 4.78 is 22.0. The average Bonchev–Trinajstić information content (AvgIpc) is 3.51. The SMILES string of the molecule is C[C@@H]1CN(c2ccc3cc(-c4cn5cc(C6CC6)cc(F)c5n4)c(=O)oc3c2)C[C@H](C)N1. The second-order valence-electron chi connectivity index (χ2n) is 9.30. The van der Waals surface area contributed by atoms with Gasteiger partial charge < -0.3 is 19.0 Å². The number of benzene rings is 1. The molecule has 6 rings (SSSR count). The Labute approximate surface area is 184 Å². The van der Waals surface area contributed by atoms with Gasteiger partial charge in [0, 0.05) is 54.7 Å². The van der Waals surface area contributed by atoms with Crippen molar-refractivity contribution >= 4 is 22.3 Å². The number of rotatable bonds is 3. The molecule has 0 spiro atoms. The van der Waals surface area contributed by atoms with Crippen LogP contribution in [0.3, 0.4) is 0 Å². The predicted octanol–water partition coefficient (Wildman–Crippen LogP) is 4.31. The van der Waals surface area contributed by atoms with Crippen LogP contribution in [0, 0.1) is 5.82 Å². The van der Waals surface area contributed by atoms with E-state index in [-0.39, 0.29) is 11.5 Å². The van der Waals surface area contributed by atoms with Crippen LogP contribution in [0.5, 0.6) is 0 Å². The van der Waals surface area contributed by atoms with Gasteiger partial charge in [0.2, 0.25) is 0 Å². The molecule has 1 N–H and O–H groups in total. The van der Waals surface area contributed by atoms with Crippen LogP contribution in [0.2, 0.25) is 0 Å². The Morgan fingerprint density at radius 1 is 1.09 bits per heavy atom. The molecule has 4 aromatic rings. The number of anilines is 1. The van der Waals surface area contributed by atoms with E-state index in [1.807, 2.05) is 18.3 Å². The smallest absolute Gasteiger partial charge is 0.345 e. The number of nitrogens with zero attached hydrogens (tertiary/aromatic N) is 3. The number of halogens is 1. The number of pyridine rings is 1. The van der Waals surface area contributed by atoms with E-state index in [0.29, 0.717) is 34.8 Å². The minimum absolute atomic E-state index is 0.223. The van der Waals surface area contributed by atoms with Crippen LogP contribution in [0.4, 0.5) is 10.1 Å². The first-order chi connectivity index (χ1) is 15.4.